The van der Waals surface area contributed by atoms with E-state index in [2.05, 4.69) is 15.9 Å². The van der Waals surface area contributed by atoms with E-state index in [0.29, 0.717) is 10.2 Å². The van der Waals surface area contributed by atoms with Gasteiger partial charge in [-0.15, -0.1) is 11.3 Å². The average molecular weight is 249 g/mol. The van der Waals surface area contributed by atoms with Gasteiger partial charge in [0.05, 0.1) is 0 Å². The van der Waals surface area contributed by atoms with E-state index in [1.165, 1.54) is 11.3 Å². The van der Waals surface area contributed by atoms with Gasteiger partial charge in [0.2, 0.25) is 0 Å². The summed E-state index contributed by atoms with van der Waals surface area (Å²) in [7, 11) is 0. The molecule has 1 aromatic heterocycles. The number of rotatable bonds is 3. The van der Waals surface area contributed by atoms with Crippen LogP contribution in [-0.4, -0.2) is 11.1 Å². The number of aryl methyl sites for hydroxylation is 1. The molecule has 1 heterocycles. The quantitative estimate of drug-likeness (QED) is 0.836. The Labute approximate surface area is 83.4 Å². The third-order valence-electron chi connectivity index (χ3n) is 1.69. The molecule has 66 valence electrons. The van der Waals surface area contributed by atoms with Crippen molar-refractivity contribution in [1.29, 1.82) is 0 Å². The van der Waals surface area contributed by atoms with Crippen LogP contribution >= 0.6 is 27.3 Å². The molecule has 2 nitrogen and oxygen atoms in total. The third-order valence-corrected chi connectivity index (χ3v) is 3.31. The molecule has 1 aromatic rings. The van der Waals surface area contributed by atoms with Crippen LogP contribution in [0.25, 0.3) is 0 Å². The lowest BCUT2D eigenvalue weighted by Crippen LogP contribution is -1.97. The number of aromatic carboxylic acids is 1. The second kappa shape index (κ2) is 4.05. The standard InChI is InChI=1S/C8H9BrO2S/c1-2-5-4-12-7(8(10)11)6(5)3-9/h4H,2-3H2,1H3,(H,10,11). The number of hydrogen-bond donors (Lipinski definition) is 1. The first kappa shape index (κ1) is 9.74. The Hall–Kier alpha value is -0.350. The molecule has 1 rings (SSSR count). The van der Waals surface area contributed by atoms with E-state index in [4.69, 9.17) is 5.11 Å². The van der Waals surface area contributed by atoms with Crippen LogP contribution in [0.2, 0.25) is 0 Å². The molecule has 0 aliphatic carbocycles. The average Bonchev–Trinajstić information content (AvgIpc) is 2.46. The molecule has 0 saturated carbocycles. The van der Waals surface area contributed by atoms with Gasteiger partial charge in [-0.3, -0.25) is 0 Å². The number of carbonyl (C=O) groups is 1. The number of carboxylic acids is 1. The van der Waals surface area contributed by atoms with E-state index in [1.54, 1.807) is 0 Å². The molecule has 0 spiro atoms. The van der Waals surface area contributed by atoms with Crippen molar-refractivity contribution < 1.29 is 9.90 Å². The Balaban J connectivity index is 3.13. The molecule has 0 fully saturated rings. The summed E-state index contributed by atoms with van der Waals surface area (Å²) in [5.74, 6) is -0.825. The smallest absolute Gasteiger partial charge is 0.346 e. The third kappa shape index (κ3) is 1.69. The van der Waals surface area contributed by atoms with Crippen LogP contribution in [0.4, 0.5) is 0 Å². The summed E-state index contributed by atoms with van der Waals surface area (Å²) in [5.41, 5.74) is 2.06. The highest BCUT2D eigenvalue weighted by molar-refractivity contribution is 9.08. The van der Waals surface area contributed by atoms with Gasteiger partial charge in [-0.25, -0.2) is 4.79 Å². The predicted molar refractivity (Wildman–Crippen MR) is 53.3 cm³/mol. The maximum absolute atomic E-state index is 10.7. The van der Waals surface area contributed by atoms with Crippen LogP contribution in [-0.2, 0) is 11.8 Å². The van der Waals surface area contributed by atoms with Crippen molar-refractivity contribution in [2.45, 2.75) is 18.7 Å². The summed E-state index contributed by atoms with van der Waals surface area (Å²) in [6, 6.07) is 0. The van der Waals surface area contributed by atoms with Crippen LogP contribution < -0.4 is 0 Å². The molecule has 0 radical (unpaired) electrons. The van der Waals surface area contributed by atoms with Gasteiger partial charge in [-0.1, -0.05) is 22.9 Å². The molecule has 0 aliphatic rings. The van der Waals surface area contributed by atoms with E-state index in [9.17, 15) is 4.79 Å². The van der Waals surface area contributed by atoms with E-state index >= 15 is 0 Å². The fourth-order valence-corrected chi connectivity index (χ4v) is 2.88. The van der Waals surface area contributed by atoms with Gasteiger partial charge in [0.1, 0.15) is 4.88 Å². The first-order chi connectivity index (χ1) is 5.70. The van der Waals surface area contributed by atoms with Crippen molar-refractivity contribution in [1.82, 2.24) is 0 Å². The molecule has 4 heteroatoms. The van der Waals surface area contributed by atoms with Crippen LogP contribution in [0, 0.1) is 0 Å². The second-order valence-corrected chi connectivity index (χ2v) is 3.80. The first-order valence-corrected chi connectivity index (χ1v) is 5.59. The minimum absolute atomic E-state index is 0.462. The Kier molecular flexibility index (Phi) is 3.29. The number of carboxylic acid groups (broad SMARTS) is 1. The highest BCUT2D eigenvalue weighted by Crippen LogP contribution is 2.25. The van der Waals surface area contributed by atoms with Crippen molar-refractivity contribution in [3.05, 3.63) is 21.4 Å². The van der Waals surface area contributed by atoms with Crippen LogP contribution in [0.15, 0.2) is 5.38 Å². The summed E-state index contributed by atoms with van der Waals surface area (Å²) in [6.07, 6.45) is 0.894. The molecule has 0 aromatic carbocycles. The normalized spacial score (nSPS) is 10.2. The maximum atomic E-state index is 10.7. The molecule has 0 bridgehead atoms. The van der Waals surface area contributed by atoms with Crippen LogP contribution in [0.1, 0.15) is 27.7 Å². The van der Waals surface area contributed by atoms with Crippen molar-refractivity contribution in [2.75, 3.05) is 0 Å². The molecule has 1 N–H and O–H groups in total. The molecule has 0 unspecified atom stereocenters. The highest BCUT2D eigenvalue weighted by Gasteiger charge is 2.14. The zero-order valence-electron chi connectivity index (χ0n) is 6.63. The lowest BCUT2D eigenvalue weighted by molar-refractivity contribution is 0.0701. The number of hydrogen-bond acceptors (Lipinski definition) is 2. The zero-order chi connectivity index (χ0) is 9.14. The second-order valence-electron chi connectivity index (χ2n) is 2.36. The Bertz CT molecular complexity index is 293. The molecule has 0 amide bonds. The topological polar surface area (TPSA) is 37.3 Å². The number of alkyl halides is 1. The number of thiophene rings is 1. The van der Waals surface area contributed by atoms with Gasteiger partial charge in [0.15, 0.2) is 0 Å². The Morgan fingerprint density at radius 3 is 2.83 bits per heavy atom. The van der Waals surface area contributed by atoms with Crippen molar-refractivity contribution in [2.24, 2.45) is 0 Å². The molecular formula is C8H9BrO2S. The largest absolute Gasteiger partial charge is 0.477 e. The minimum atomic E-state index is -0.825. The van der Waals surface area contributed by atoms with Crippen molar-refractivity contribution in [3.8, 4) is 0 Å². The fraction of sp³-hybridized carbons (Fsp3) is 0.375. The molecule has 0 aliphatic heterocycles. The Morgan fingerprint density at radius 2 is 2.42 bits per heavy atom. The monoisotopic (exact) mass is 248 g/mol. The summed E-state index contributed by atoms with van der Waals surface area (Å²) >= 11 is 4.59. The summed E-state index contributed by atoms with van der Waals surface area (Å²) < 4.78 is 0. The summed E-state index contributed by atoms with van der Waals surface area (Å²) in [6.45, 7) is 2.03. The van der Waals surface area contributed by atoms with Gasteiger partial charge in [0, 0.05) is 5.33 Å². The lowest BCUT2D eigenvalue weighted by atomic mass is 10.1. The predicted octanol–water partition coefficient (Wildman–Crippen LogP) is 2.90. The molecule has 0 saturated heterocycles. The van der Waals surface area contributed by atoms with Crippen molar-refractivity contribution in [3.63, 3.8) is 0 Å². The SMILES string of the molecule is CCc1csc(C(=O)O)c1CBr. The molecule has 0 atom stereocenters. The van der Waals surface area contributed by atoms with Gasteiger partial charge < -0.3 is 5.11 Å². The first-order valence-electron chi connectivity index (χ1n) is 3.59. The van der Waals surface area contributed by atoms with E-state index in [0.717, 1.165) is 17.5 Å². The molecule has 12 heavy (non-hydrogen) atoms. The van der Waals surface area contributed by atoms with Gasteiger partial charge in [-0.05, 0) is 22.9 Å². The van der Waals surface area contributed by atoms with Crippen LogP contribution in [0.5, 0.6) is 0 Å². The highest BCUT2D eigenvalue weighted by atomic mass is 79.9. The number of halogens is 1. The maximum Gasteiger partial charge on any atom is 0.346 e. The summed E-state index contributed by atoms with van der Waals surface area (Å²) in [5, 5.41) is 11.3. The van der Waals surface area contributed by atoms with E-state index < -0.39 is 5.97 Å². The lowest BCUT2D eigenvalue weighted by Gasteiger charge is -1.97. The Morgan fingerprint density at radius 1 is 1.75 bits per heavy atom. The molecular weight excluding hydrogens is 240 g/mol. The minimum Gasteiger partial charge on any atom is -0.477 e. The van der Waals surface area contributed by atoms with Gasteiger partial charge in [0.25, 0.3) is 0 Å². The van der Waals surface area contributed by atoms with E-state index in [1.807, 2.05) is 12.3 Å². The summed E-state index contributed by atoms with van der Waals surface area (Å²) in [4.78, 5) is 11.2. The van der Waals surface area contributed by atoms with Crippen LogP contribution in [0.3, 0.4) is 0 Å². The van der Waals surface area contributed by atoms with Gasteiger partial charge >= 0.3 is 5.97 Å². The van der Waals surface area contributed by atoms with Gasteiger partial charge in [-0.2, -0.15) is 0 Å². The van der Waals surface area contributed by atoms with Crippen molar-refractivity contribution >= 4 is 33.2 Å². The zero-order valence-corrected chi connectivity index (χ0v) is 9.04. The fourth-order valence-electron chi connectivity index (χ4n) is 1.04. The van der Waals surface area contributed by atoms with E-state index in [-0.39, 0.29) is 0 Å².